The standard InChI is InChI=1S/C24H28N4O5S/c1-3-28(19-7-5-4-6-8-19)34(30,31)21-15-11-17(12-16-21)22(29)25-24-27-26-23(33-24)18-9-13-20(32-2)14-10-18/h9-16,19H,3-8H2,1-2H3,(H,25,27,29). The van der Waals surface area contributed by atoms with Crippen LogP contribution in [-0.2, 0) is 10.0 Å². The van der Waals surface area contributed by atoms with E-state index in [2.05, 4.69) is 15.5 Å². The predicted molar refractivity (Wildman–Crippen MR) is 127 cm³/mol. The van der Waals surface area contributed by atoms with Crippen LogP contribution in [0.1, 0.15) is 49.4 Å². The fraction of sp³-hybridized carbons (Fsp3) is 0.375. The molecule has 0 spiro atoms. The first kappa shape index (κ1) is 23.9. The van der Waals surface area contributed by atoms with Gasteiger partial charge in [0.15, 0.2) is 0 Å². The van der Waals surface area contributed by atoms with E-state index in [0.29, 0.717) is 17.9 Å². The molecule has 10 heteroatoms. The highest BCUT2D eigenvalue weighted by Crippen LogP contribution is 2.28. The zero-order valence-corrected chi connectivity index (χ0v) is 20.0. The summed E-state index contributed by atoms with van der Waals surface area (Å²) in [5.74, 6) is 0.471. The maximum absolute atomic E-state index is 13.2. The average Bonchev–Trinajstić information content (AvgIpc) is 3.33. The number of carbonyl (C=O) groups is 1. The largest absolute Gasteiger partial charge is 0.497 e. The Bertz CT molecular complexity index is 1220. The number of anilines is 1. The smallest absolute Gasteiger partial charge is 0.322 e. The molecule has 0 unspecified atom stereocenters. The topological polar surface area (TPSA) is 115 Å². The van der Waals surface area contributed by atoms with Crippen LogP contribution in [0.25, 0.3) is 11.5 Å². The van der Waals surface area contributed by atoms with Crippen LogP contribution in [0, 0.1) is 0 Å². The first-order valence-electron chi connectivity index (χ1n) is 11.3. The highest BCUT2D eigenvalue weighted by atomic mass is 32.2. The summed E-state index contributed by atoms with van der Waals surface area (Å²) in [5.41, 5.74) is 0.964. The van der Waals surface area contributed by atoms with Gasteiger partial charge in [0.05, 0.1) is 12.0 Å². The third-order valence-electron chi connectivity index (χ3n) is 6.00. The first-order chi connectivity index (χ1) is 16.4. The van der Waals surface area contributed by atoms with Crippen molar-refractivity contribution in [3.05, 3.63) is 54.1 Å². The van der Waals surface area contributed by atoms with Crippen molar-refractivity contribution < 1.29 is 22.4 Å². The van der Waals surface area contributed by atoms with Gasteiger partial charge in [0.1, 0.15) is 5.75 Å². The van der Waals surface area contributed by atoms with Gasteiger partial charge in [-0.25, -0.2) is 8.42 Å². The molecule has 9 nitrogen and oxygen atoms in total. The Morgan fingerprint density at radius 1 is 1.06 bits per heavy atom. The normalized spacial score (nSPS) is 14.8. The molecule has 1 aliphatic carbocycles. The molecule has 0 bridgehead atoms. The molecule has 0 aliphatic heterocycles. The third kappa shape index (κ3) is 5.13. The fourth-order valence-corrected chi connectivity index (χ4v) is 5.89. The number of aromatic nitrogens is 2. The van der Waals surface area contributed by atoms with Gasteiger partial charge in [-0.3, -0.25) is 10.1 Å². The number of amides is 1. The van der Waals surface area contributed by atoms with E-state index in [0.717, 1.165) is 32.1 Å². The molecule has 1 N–H and O–H groups in total. The van der Waals surface area contributed by atoms with Crippen molar-refractivity contribution in [3.63, 3.8) is 0 Å². The maximum atomic E-state index is 13.2. The molecular weight excluding hydrogens is 456 g/mol. The summed E-state index contributed by atoms with van der Waals surface area (Å²) < 4.78 is 38.6. The molecule has 1 saturated carbocycles. The van der Waals surface area contributed by atoms with Crippen LogP contribution in [-0.4, -0.2) is 48.5 Å². The van der Waals surface area contributed by atoms with Crippen LogP contribution < -0.4 is 10.1 Å². The lowest BCUT2D eigenvalue weighted by atomic mass is 9.95. The summed E-state index contributed by atoms with van der Waals surface area (Å²) >= 11 is 0. The fourth-order valence-electron chi connectivity index (χ4n) is 4.20. The van der Waals surface area contributed by atoms with Crippen molar-refractivity contribution in [2.45, 2.75) is 50.0 Å². The minimum Gasteiger partial charge on any atom is -0.497 e. The van der Waals surface area contributed by atoms with Gasteiger partial charge in [0.2, 0.25) is 15.9 Å². The number of nitrogens with one attached hydrogen (secondary N) is 1. The van der Waals surface area contributed by atoms with E-state index >= 15 is 0 Å². The Balaban J connectivity index is 1.44. The van der Waals surface area contributed by atoms with Crippen molar-refractivity contribution in [2.24, 2.45) is 0 Å². The van der Waals surface area contributed by atoms with Crippen molar-refractivity contribution in [1.82, 2.24) is 14.5 Å². The van der Waals surface area contributed by atoms with E-state index < -0.39 is 15.9 Å². The molecular formula is C24H28N4O5S. The van der Waals surface area contributed by atoms with Crippen molar-refractivity contribution >= 4 is 21.9 Å². The van der Waals surface area contributed by atoms with Gasteiger partial charge >= 0.3 is 6.01 Å². The number of rotatable bonds is 8. The van der Waals surface area contributed by atoms with E-state index in [-0.39, 0.29) is 28.4 Å². The zero-order valence-electron chi connectivity index (χ0n) is 19.2. The highest BCUT2D eigenvalue weighted by Gasteiger charge is 2.31. The lowest BCUT2D eigenvalue weighted by Gasteiger charge is -2.32. The molecule has 4 rings (SSSR count). The van der Waals surface area contributed by atoms with Gasteiger partial charge in [-0.2, -0.15) is 4.31 Å². The van der Waals surface area contributed by atoms with E-state index in [9.17, 15) is 13.2 Å². The van der Waals surface area contributed by atoms with E-state index in [1.165, 1.54) is 24.3 Å². The van der Waals surface area contributed by atoms with Crippen LogP contribution >= 0.6 is 0 Å². The second-order valence-corrected chi connectivity index (χ2v) is 10.0. The molecule has 1 aromatic heterocycles. The first-order valence-corrected chi connectivity index (χ1v) is 12.8. The number of carbonyl (C=O) groups excluding carboxylic acids is 1. The van der Waals surface area contributed by atoms with Crippen LogP contribution in [0.2, 0.25) is 0 Å². The summed E-state index contributed by atoms with van der Waals surface area (Å²) in [4.78, 5) is 12.8. The highest BCUT2D eigenvalue weighted by molar-refractivity contribution is 7.89. The molecule has 0 saturated heterocycles. The molecule has 3 aromatic rings. The van der Waals surface area contributed by atoms with E-state index in [1.54, 1.807) is 35.7 Å². The van der Waals surface area contributed by atoms with Crippen LogP contribution in [0.4, 0.5) is 6.01 Å². The Morgan fingerprint density at radius 3 is 2.35 bits per heavy atom. The Kier molecular flexibility index (Phi) is 7.28. The number of hydrogen-bond acceptors (Lipinski definition) is 7. The van der Waals surface area contributed by atoms with Crippen molar-refractivity contribution in [2.75, 3.05) is 19.0 Å². The van der Waals surface area contributed by atoms with Gasteiger partial charge in [-0.05, 0) is 61.4 Å². The molecule has 180 valence electrons. The molecule has 34 heavy (non-hydrogen) atoms. The Labute approximate surface area is 199 Å². The van der Waals surface area contributed by atoms with Crippen molar-refractivity contribution in [3.8, 4) is 17.2 Å². The maximum Gasteiger partial charge on any atom is 0.322 e. The summed E-state index contributed by atoms with van der Waals surface area (Å²) in [6, 6.07) is 12.9. The SMILES string of the molecule is CCN(C1CCCCC1)S(=O)(=O)c1ccc(C(=O)Nc2nnc(-c3ccc(OC)cc3)o2)cc1. The predicted octanol–water partition coefficient (Wildman–Crippen LogP) is 4.34. The molecule has 1 amide bonds. The zero-order chi connectivity index (χ0) is 24.1. The third-order valence-corrected chi connectivity index (χ3v) is 8.04. The molecule has 0 atom stereocenters. The minimum absolute atomic E-state index is 0.0316. The molecule has 1 aliphatic rings. The van der Waals surface area contributed by atoms with Crippen LogP contribution in [0.3, 0.4) is 0 Å². The monoisotopic (exact) mass is 484 g/mol. The van der Waals surface area contributed by atoms with E-state index in [1.807, 2.05) is 6.92 Å². The second-order valence-electron chi connectivity index (χ2n) is 8.12. The number of sulfonamides is 1. The number of hydrogen-bond donors (Lipinski definition) is 1. The minimum atomic E-state index is -3.63. The van der Waals surface area contributed by atoms with Gasteiger partial charge in [0.25, 0.3) is 5.91 Å². The second kappa shape index (κ2) is 10.4. The van der Waals surface area contributed by atoms with Gasteiger partial charge in [-0.1, -0.05) is 31.3 Å². The summed E-state index contributed by atoms with van der Waals surface area (Å²) in [6.07, 6.45) is 5.02. The Hall–Kier alpha value is -3.24. The van der Waals surface area contributed by atoms with Crippen LogP contribution in [0.5, 0.6) is 5.75 Å². The summed E-state index contributed by atoms with van der Waals surface area (Å²) in [7, 11) is -2.06. The number of benzene rings is 2. The molecule has 2 aromatic carbocycles. The van der Waals surface area contributed by atoms with Gasteiger partial charge < -0.3 is 9.15 Å². The van der Waals surface area contributed by atoms with Gasteiger partial charge in [-0.15, -0.1) is 5.10 Å². The lowest BCUT2D eigenvalue weighted by molar-refractivity contribution is 0.102. The molecule has 0 radical (unpaired) electrons. The summed E-state index contributed by atoms with van der Waals surface area (Å²) in [6.45, 7) is 2.28. The Morgan fingerprint density at radius 2 is 1.74 bits per heavy atom. The number of nitrogens with zero attached hydrogens (tertiary/aromatic N) is 3. The number of ether oxygens (including phenoxy) is 1. The molecule has 1 fully saturated rings. The quantitative estimate of drug-likeness (QED) is 0.506. The molecule has 1 heterocycles. The lowest BCUT2D eigenvalue weighted by Crippen LogP contribution is -2.41. The van der Waals surface area contributed by atoms with Crippen LogP contribution in [0.15, 0.2) is 57.8 Å². The van der Waals surface area contributed by atoms with E-state index in [4.69, 9.17) is 9.15 Å². The average molecular weight is 485 g/mol. The van der Waals surface area contributed by atoms with Gasteiger partial charge in [0, 0.05) is 23.7 Å². The summed E-state index contributed by atoms with van der Waals surface area (Å²) in [5, 5.41) is 10.4. The number of methoxy groups -OCH3 is 1. The van der Waals surface area contributed by atoms with Crippen molar-refractivity contribution in [1.29, 1.82) is 0 Å².